The van der Waals surface area contributed by atoms with Gasteiger partial charge in [-0.3, -0.25) is 9.67 Å². The zero-order valence-corrected chi connectivity index (χ0v) is 19.7. The summed E-state index contributed by atoms with van der Waals surface area (Å²) >= 11 is 0. The van der Waals surface area contributed by atoms with Crippen molar-refractivity contribution in [1.82, 2.24) is 19.7 Å². The number of aliphatic imine (C=N–C) groups is 1. The molecule has 0 aliphatic carbocycles. The second-order valence-corrected chi connectivity index (χ2v) is 7.97. The Morgan fingerprint density at radius 3 is 2.71 bits per heavy atom. The number of hydrogen-bond acceptors (Lipinski definition) is 9. The minimum atomic E-state index is -0.556. The van der Waals surface area contributed by atoms with Gasteiger partial charge >= 0.3 is 0 Å². The van der Waals surface area contributed by atoms with Gasteiger partial charge in [-0.05, 0) is 12.1 Å². The number of aromatic nitrogens is 4. The Kier molecular flexibility index (Phi) is 5.81. The normalized spacial score (nSPS) is 14.7. The van der Waals surface area contributed by atoms with Crippen molar-refractivity contribution in [1.29, 1.82) is 0 Å². The van der Waals surface area contributed by atoms with Crippen LogP contribution < -0.4 is 19.3 Å². The van der Waals surface area contributed by atoms with Crippen LogP contribution in [0.25, 0.3) is 0 Å². The number of anilines is 3. The first-order valence-electron chi connectivity index (χ1n) is 10.8. The fourth-order valence-corrected chi connectivity index (χ4v) is 4.00. The first-order valence-corrected chi connectivity index (χ1v) is 10.8. The topological polar surface area (TPSA) is 94.0 Å². The van der Waals surface area contributed by atoms with Gasteiger partial charge in [0.2, 0.25) is 5.89 Å². The fraction of sp³-hybridized carbons (Fsp3) is 0.250. The summed E-state index contributed by atoms with van der Waals surface area (Å²) in [6, 6.07) is 6.56. The number of hydrogen-bond donors (Lipinski definition) is 0. The number of halogens is 1. The number of benzene rings is 1. The van der Waals surface area contributed by atoms with Gasteiger partial charge in [0, 0.05) is 44.2 Å². The molecular formula is C24H24FN7O3. The zero-order valence-electron chi connectivity index (χ0n) is 19.7. The molecular weight excluding hydrogens is 453 g/mol. The molecule has 1 aromatic carbocycles. The van der Waals surface area contributed by atoms with Gasteiger partial charge in [0.1, 0.15) is 30.1 Å². The number of nitrogens with zero attached hydrogens (tertiary/aromatic N) is 7. The van der Waals surface area contributed by atoms with E-state index in [2.05, 4.69) is 15.1 Å². The van der Waals surface area contributed by atoms with E-state index in [1.165, 1.54) is 32.7 Å². The summed E-state index contributed by atoms with van der Waals surface area (Å²) in [6.07, 6.45) is 8.61. The average Bonchev–Trinajstić information content (AvgIpc) is 3.55. The third kappa shape index (κ3) is 4.16. The van der Waals surface area contributed by atoms with Gasteiger partial charge < -0.3 is 23.7 Å². The molecule has 11 heteroatoms. The molecule has 10 nitrogen and oxygen atoms in total. The van der Waals surface area contributed by atoms with Crippen LogP contribution >= 0.6 is 0 Å². The Balaban J connectivity index is 1.60. The Morgan fingerprint density at radius 1 is 1.17 bits per heavy atom. The minimum Gasteiger partial charge on any atom is -0.497 e. The lowest BCUT2D eigenvalue weighted by atomic mass is 10.1. The molecule has 1 aliphatic heterocycles. The molecule has 0 bridgehead atoms. The third-order valence-corrected chi connectivity index (χ3v) is 5.81. The Bertz CT molecular complexity index is 1370. The highest BCUT2D eigenvalue weighted by atomic mass is 19.1. The predicted octanol–water partition coefficient (Wildman–Crippen LogP) is 4.19. The highest BCUT2D eigenvalue weighted by Crippen LogP contribution is 2.41. The van der Waals surface area contributed by atoms with Crippen LogP contribution in [0.4, 0.5) is 27.4 Å². The van der Waals surface area contributed by atoms with Gasteiger partial charge in [-0.25, -0.2) is 14.4 Å². The summed E-state index contributed by atoms with van der Waals surface area (Å²) in [7, 11) is 6.72. The summed E-state index contributed by atoms with van der Waals surface area (Å²) in [5.41, 5.74) is 1.89. The van der Waals surface area contributed by atoms with Crippen LogP contribution in [-0.2, 0) is 13.6 Å². The lowest BCUT2D eigenvalue weighted by Gasteiger charge is -2.31. The molecule has 0 saturated carbocycles. The van der Waals surface area contributed by atoms with Crippen LogP contribution in [0.1, 0.15) is 17.5 Å². The quantitative estimate of drug-likeness (QED) is 0.391. The van der Waals surface area contributed by atoms with Gasteiger partial charge in [0.15, 0.2) is 17.4 Å². The van der Waals surface area contributed by atoms with E-state index in [0.29, 0.717) is 29.0 Å². The van der Waals surface area contributed by atoms with Gasteiger partial charge in [0.25, 0.3) is 0 Å². The van der Waals surface area contributed by atoms with Crippen LogP contribution in [0.5, 0.6) is 11.5 Å². The summed E-state index contributed by atoms with van der Waals surface area (Å²) < 4.78 is 33.3. The molecule has 1 atom stereocenters. The van der Waals surface area contributed by atoms with Gasteiger partial charge in [0.05, 0.1) is 38.3 Å². The monoisotopic (exact) mass is 477 g/mol. The summed E-state index contributed by atoms with van der Waals surface area (Å²) in [6.45, 7) is 0.130. The number of fused-ring (bicyclic) bond motifs is 1. The van der Waals surface area contributed by atoms with E-state index in [0.717, 1.165) is 5.56 Å². The lowest BCUT2D eigenvalue weighted by molar-refractivity contribution is 0.374. The summed E-state index contributed by atoms with van der Waals surface area (Å²) in [5.74, 6) is 1.45. The van der Waals surface area contributed by atoms with E-state index in [1.807, 2.05) is 37.5 Å². The molecule has 5 rings (SSSR count). The van der Waals surface area contributed by atoms with Crippen molar-refractivity contribution in [3.05, 3.63) is 66.4 Å². The molecule has 1 aliphatic rings. The highest BCUT2D eigenvalue weighted by molar-refractivity contribution is 5.84. The van der Waals surface area contributed by atoms with Crippen molar-refractivity contribution in [2.45, 2.75) is 12.6 Å². The van der Waals surface area contributed by atoms with Crippen LogP contribution in [0.15, 0.2) is 58.5 Å². The maximum Gasteiger partial charge on any atom is 0.213 e. The van der Waals surface area contributed by atoms with E-state index in [4.69, 9.17) is 18.9 Å². The van der Waals surface area contributed by atoms with Crippen LogP contribution in [0, 0.1) is 5.82 Å². The smallest absolute Gasteiger partial charge is 0.213 e. The van der Waals surface area contributed by atoms with Crippen molar-refractivity contribution in [3.63, 3.8) is 0 Å². The standard InChI is InChI=1S/C24H24FN7O3/c1-30-13-15(11-28-30)19-12-27-17-5-6-21(29-24(17)31(19)2)32(14-22-26-7-8-35-22)18-9-16(33-3)10-20(34-4)23(18)25/h5-13,19H,14H2,1-4H3. The molecule has 0 amide bonds. The molecule has 1 unspecified atom stereocenters. The number of methoxy groups -OCH3 is 2. The van der Waals surface area contributed by atoms with Crippen LogP contribution in [0.3, 0.4) is 0 Å². The second-order valence-electron chi connectivity index (χ2n) is 7.97. The first kappa shape index (κ1) is 22.4. The summed E-state index contributed by atoms with van der Waals surface area (Å²) in [4.78, 5) is 17.4. The van der Waals surface area contributed by atoms with Crippen molar-refractivity contribution in [3.8, 4) is 11.5 Å². The molecule has 0 radical (unpaired) electrons. The fourth-order valence-electron chi connectivity index (χ4n) is 4.00. The summed E-state index contributed by atoms with van der Waals surface area (Å²) in [5, 5.41) is 4.27. The molecule has 0 saturated heterocycles. The van der Waals surface area contributed by atoms with Crippen LogP contribution in [-0.4, -0.2) is 47.2 Å². The Hall–Kier alpha value is -4.41. The molecule has 0 spiro atoms. The molecule has 4 heterocycles. The van der Waals surface area contributed by atoms with E-state index < -0.39 is 5.82 Å². The highest BCUT2D eigenvalue weighted by Gasteiger charge is 2.27. The Morgan fingerprint density at radius 2 is 2.03 bits per heavy atom. The zero-order chi connectivity index (χ0) is 24.5. The van der Waals surface area contributed by atoms with E-state index in [-0.39, 0.29) is 24.0 Å². The molecule has 0 N–H and O–H groups in total. The van der Waals surface area contributed by atoms with E-state index in [9.17, 15) is 0 Å². The van der Waals surface area contributed by atoms with Gasteiger partial charge in [-0.15, -0.1) is 0 Å². The maximum atomic E-state index is 15.5. The van der Waals surface area contributed by atoms with Crippen LogP contribution in [0.2, 0.25) is 0 Å². The number of pyridine rings is 1. The molecule has 0 fully saturated rings. The predicted molar refractivity (Wildman–Crippen MR) is 129 cm³/mol. The van der Waals surface area contributed by atoms with Gasteiger partial charge in [-0.2, -0.15) is 5.10 Å². The number of rotatable bonds is 7. The Labute approximate surface area is 201 Å². The second kappa shape index (κ2) is 9.09. The van der Waals surface area contributed by atoms with Gasteiger partial charge in [-0.1, -0.05) is 0 Å². The number of oxazole rings is 1. The molecule has 35 heavy (non-hydrogen) atoms. The molecule has 4 aromatic rings. The SMILES string of the molecule is COc1cc(OC)c(F)c(N(Cc2ncco2)c2ccc3c(n2)N(C)C(c2cnn(C)c2)C=N3)c1. The van der Waals surface area contributed by atoms with Crippen molar-refractivity contribution in [2.24, 2.45) is 12.0 Å². The van der Waals surface area contributed by atoms with Crippen molar-refractivity contribution >= 4 is 29.2 Å². The van der Waals surface area contributed by atoms with Crippen molar-refractivity contribution < 1.29 is 18.3 Å². The number of ether oxygens (including phenoxy) is 2. The third-order valence-electron chi connectivity index (χ3n) is 5.81. The minimum absolute atomic E-state index is 0.0491. The molecule has 3 aromatic heterocycles. The molecule has 180 valence electrons. The largest absolute Gasteiger partial charge is 0.497 e. The van der Waals surface area contributed by atoms with Crippen molar-refractivity contribution in [2.75, 3.05) is 31.1 Å². The first-order chi connectivity index (χ1) is 17.0. The maximum absolute atomic E-state index is 15.5. The average molecular weight is 478 g/mol. The van der Waals surface area contributed by atoms with E-state index >= 15 is 4.39 Å². The number of aryl methyl sites for hydroxylation is 1. The lowest BCUT2D eigenvalue weighted by Crippen LogP contribution is -2.29. The van der Waals surface area contributed by atoms with E-state index in [1.54, 1.807) is 27.9 Å².